The van der Waals surface area contributed by atoms with Gasteiger partial charge in [0.1, 0.15) is 5.82 Å². The van der Waals surface area contributed by atoms with Crippen molar-refractivity contribution in [2.45, 2.75) is 32.1 Å². The first-order valence-corrected chi connectivity index (χ1v) is 10.4. The van der Waals surface area contributed by atoms with Crippen LogP contribution in [0.15, 0.2) is 41.2 Å². The second-order valence-corrected chi connectivity index (χ2v) is 8.03. The number of nitrogens with one attached hydrogen (secondary N) is 2. The van der Waals surface area contributed by atoms with Crippen molar-refractivity contribution in [2.75, 3.05) is 18.4 Å². The normalized spacial score (nSPS) is 16.1. The molecule has 10 heteroatoms. The number of benzene rings is 2. The van der Waals surface area contributed by atoms with Gasteiger partial charge < -0.3 is 20.9 Å². The summed E-state index contributed by atoms with van der Waals surface area (Å²) in [5.41, 5.74) is 6.19. The van der Waals surface area contributed by atoms with Crippen molar-refractivity contribution in [1.29, 1.82) is 0 Å². The van der Waals surface area contributed by atoms with Crippen molar-refractivity contribution in [2.24, 2.45) is 5.73 Å². The largest absolute Gasteiger partial charge is 0.416 e. The molecule has 4 rings (SSSR count). The number of halogens is 4. The summed E-state index contributed by atoms with van der Waals surface area (Å²) in [4.78, 5) is 29.1. The van der Waals surface area contributed by atoms with E-state index in [4.69, 9.17) is 5.73 Å². The number of rotatable bonds is 4. The number of alkyl halides is 3. The second kappa shape index (κ2) is 8.51. The number of H-pyrrole nitrogens is 1. The van der Waals surface area contributed by atoms with Gasteiger partial charge in [-0.2, -0.15) is 13.2 Å². The number of carbonyl (C=O) groups is 1. The van der Waals surface area contributed by atoms with E-state index < -0.39 is 29.2 Å². The van der Waals surface area contributed by atoms with Crippen molar-refractivity contribution in [1.82, 2.24) is 9.88 Å². The van der Waals surface area contributed by atoms with E-state index in [1.54, 1.807) is 17.9 Å². The Balaban J connectivity index is 1.51. The number of aromatic nitrogens is 1. The van der Waals surface area contributed by atoms with Crippen molar-refractivity contribution in [3.05, 3.63) is 75.0 Å². The highest BCUT2D eigenvalue weighted by atomic mass is 19.4. The summed E-state index contributed by atoms with van der Waals surface area (Å²) in [5, 5.41) is 3.42. The van der Waals surface area contributed by atoms with E-state index in [1.165, 1.54) is 12.1 Å². The summed E-state index contributed by atoms with van der Waals surface area (Å²) >= 11 is 0. The number of amides is 1. The molecule has 174 valence electrons. The van der Waals surface area contributed by atoms with Gasteiger partial charge in [-0.05, 0) is 60.2 Å². The fourth-order valence-electron chi connectivity index (χ4n) is 4.21. The quantitative estimate of drug-likeness (QED) is 0.516. The maximum absolute atomic E-state index is 14.5. The molecule has 33 heavy (non-hydrogen) atoms. The Morgan fingerprint density at radius 3 is 2.70 bits per heavy atom. The summed E-state index contributed by atoms with van der Waals surface area (Å²) in [6.45, 7) is 1.91. The molecule has 0 bridgehead atoms. The topological polar surface area (TPSA) is 91.2 Å². The Hall–Kier alpha value is -3.40. The number of hydrogen-bond donors (Lipinski definition) is 3. The van der Waals surface area contributed by atoms with Crippen molar-refractivity contribution >= 4 is 22.4 Å². The zero-order valence-electron chi connectivity index (χ0n) is 17.7. The van der Waals surface area contributed by atoms with Gasteiger partial charge >= 0.3 is 6.18 Å². The predicted octanol–water partition coefficient (Wildman–Crippen LogP) is 3.70. The Labute approximate surface area is 186 Å². The van der Waals surface area contributed by atoms with E-state index >= 15 is 0 Å². The average molecular weight is 462 g/mol. The first-order chi connectivity index (χ1) is 15.6. The SMILES string of the molecule is C[C@H]1c2ccc(C(F)(F)F)cc2CCN1C(=O)CNc1cc2cc(CN)[nH]c(=O)c2cc1F. The molecule has 0 fully saturated rings. The molecule has 1 aliphatic heterocycles. The van der Waals surface area contributed by atoms with E-state index in [0.29, 0.717) is 28.6 Å². The zero-order valence-corrected chi connectivity index (χ0v) is 17.7. The van der Waals surface area contributed by atoms with Crippen LogP contribution in [-0.4, -0.2) is 28.9 Å². The molecular formula is C23H22F4N4O2. The van der Waals surface area contributed by atoms with Gasteiger partial charge in [0, 0.05) is 18.8 Å². The van der Waals surface area contributed by atoms with Gasteiger partial charge in [-0.15, -0.1) is 0 Å². The molecule has 1 aromatic heterocycles. The molecule has 4 N–H and O–H groups in total. The molecule has 1 atom stereocenters. The Morgan fingerprint density at radius 1 is 1.24 bits per heavy atom. The molecule has 0 aliphatic carbocycles. The van der Waals surface area contributed by atoms with Gasteiger partial charge in [-0.25, -0.2) is 4.39 Å². The highest BCUT2D eigenvalue weighted by Gasteiger charge is 2.33. The third kappa shape index (κ3) is 4.43. The number of nitrogens with two attached hydrogens (primary N) is 1. The van der Waals surface area contributed by atoms with Crippen molar-refractivity contribution in [3.8, 4) is 0 Å². The third-order valence-electron chi connectivity index (χ3n) is 5.97. The monoisotopic (exact) mass is 462 g/mol. The molecule has 0 spiro atoms. The fraction of sp³-hybridized carbons (Fsp3) is 0.304. The Bertz CT molecular complexity index is 1290. The summed E-state index contributed by atoms with van der Waals surface area (Å²) in [7, 11) is 0. The maximum atomic E-state index is 14.5. The summed E-state index contributed by atoms with van der Waals surface area (Å²) in [5.74, 6) is -1.00. The number of hydrogen-bond acceptors (Lipinski definition) is 4. The minimum absolute atomic E-state index is 0.0595. The zero-order chi connectivity index (χ0) is 23.9. The van der Waals surface area contributed by atoms with Crippen LogP contribution in [0.2, 0.25) is 0 Å². The van der Waals surface area contributed by atoms with Crippen LogP contribution in [0.3, 0.4) is 0 Å². The average Bonchev–Trinajstić information content (AvgIpc) is 2.77. The molecular weight excluding hydrogens is 440 g/mol. The lowest BCUT2D eigenvalue weighted by Crippen LogP contribution is -2.41. The van der Waals surface area contributed by atoms with Gasteiger partial charge in [-0.3, -0.25) is 9.59 Å². The fourth-order valence-corrected chi connectivity index (χ4v) is 4.21. The summed E-state index contributed by atoms with van der Waals surface area (Å²) in [6.07, 6.45) is -4.13. The number of pyridine rings is 1. The lowest BCUT2D eigenvalue weighted by atomic mass is 9.91. The first kappa shape index (κ1) is 22.8. The van der Waals surface area contributed by atoms with E-state index in [-0.39, 0.29) is 36.6 Å². The standard InChI is InChI=1S/C23H22F4N4O2/c1-12-17-3-2-15(23(25,26)27)6-13(17)4-5-31(12)21(32)11-29-20-8-14-7-16(10-28)30-22(33)18(14)9-19(20)24/h2-3,6-9,12,29H,4-5,10-11,28H2,1H3,(H,30,33)/t12-/m0/s1. The van der Waals surface area contributed by atoms with E-state index in [9.17, 15) is 27.2 Å². The van der Waals surface area contributed by atoms with Gasteiger partial charge in [0.25, 0.3) is 5.56 Å². The molecule has 0 saturated heterocycles. The van der Waals surface area contributed by atoms with Crippen LogP contribution < -0.4 is 16.6 Å². The predicted molar refractivity (Wildman–Crippen MR) is 116 cm³/mol. The Morgan fingerprint density at radius 2 is 2.00 bits per heavy atom. The van der Waals surface area contributed by atoms with Crippen LogP contribution in [0.25, 0.3) is 10.8 Å². The van der Waals surface area contributed by atoms with E-state index in [1.807, 2.05) is 0 Å². The molecule has 6 nitrogen and oxygen atoms in total. The van der Waals surface area contributed by atoms with Crippen molar-refractivity contribution in [3.63, 3.8) is 0 Å². The molecule has 1 amide bonds. The molecule has 0 radical (unpaired) electrons. The highest BCUT2D eigenvalue weighted by Crippen LogP contribution is 2.35. The number of carbonyl (C=O) groups excluding carboxylic acids is 1. The van der Waals surface area contributed by atoms with Crippen molar-refractivity contribution < 1.29 is 22.4 Å². The van der Waals surface area contributed by atoms with Crippen LogP contribution in [0, 0.1) is 5.82 Å². The van der Waals surface area contributed by atoms with Crippen LogP contribution in [0.1, 0.15) is 35.3 Å². The van der Waals surface area contributed by atoms with Gasteiger partial charge in [-0.1, -0.05) is 6.07 Å². The van der Waals surface area contributed by atoms with E-state index in [2.05, 4.69) is 10.3 Å². The molecule has 1 aliphatic rings. The highest BCUT2D eigenvalue weighted by molar-refractivity contribution is 5.87. The van der Waals surface area contributed by atoms with Crippen LogP contribution >= 0.6 is 0 Å². The molecule has 0 saturated carbocycles. The smallest absolute Gasteiger partial charge is 0.374 e. The van der Waals surface area contributed by atoms with Gasteiger partial charge in [0.15, 0.2) is 0 Å². The minimum atomic E-state index is -4.42. The lowest BCUT2D eigenvalue weighted by molar-refractivity contribution is -0.138. The summed E-state index contributed by atoms with van der Waals surface area (Å²) < 4.78 is 53.5. The number of nitrogens with zero attached hydrogens (tertiary/aromatic N) is 1. The number of fused-ring (bicyclic) bond motifs is 2. The van der Waals surface area contributed by atoms with E-state index in [0.717, 1.165) is 18.2 Å². The molecule has 3 aromatic rings. The number of anilines is 1. The Kier molecular flexibility index (Phi) is 5.87. The van der Waals surface area contributed by atoms with Crippen LogP contribution in [0.5, 0.6) is 0 Å². The molecule has 2 aromatic carbocycles. The molecule has 0 unspecified atom stereocenters. The summed E-state index contributed by atoms with van der Waals surface area (Å²) in [6, 6.07) is 7.32. The minimum Gasteiger partial charge on any atom is -0.374 e. The van der Waals surface area contributed by atoms with Gasteiger partial charge in [0.05, 0.1) is 29.2 Å². The first-order valence-electron chi connectivity index (χ1n) is 10.4. The van der Waals surface area contributed by atoms with Crippen LogP contribution in [-0.2, 0) is 23.9 Å². The number of aromatic amines is 1. The van der Waals surface area contributed by atoms with Gasteiger partial charge in [0.2, 0.25) is 5.91 Å². The lowest BCUT2D eigenvalue weighted by Gasteiger charge is -2.35. The van der Waals surface area contributed by atoms with Crippen LogP contribution in [0.4, 0.5) is 23.2 Å². The maximum Gasteiger partial charge on any atom is 0.416 e. The second-order valence-electron chi connectivity index (χ2n) is 8.03. The molecule has 2 heterocycles. The third-order valence-corrected chi connectivity index (χ3v) is 5.97.